The van der Waals surface area contributed by atoms with Gasteiger partial charge in [0.25, 0.3) is 0 Å². The van der Waals surface area contributed by atoms with E-state index in [1.165, 1.54) is 0 Å². The molecule has 0 aliphatic carbocycles. The molecule has 0 aromatic rings. The van der Waals surface area contributed by atoms with Crippen LogP contribution in [0.1, 0.15) is 33.1 Å². The van der Waals surface area contributed by atoms with E-state index in [1.807, 2.05) is 19.0 Å². The van der Waals surface area contributed by atoms with Gasteiger partial charge in [-0.2, -0.15) is 0 Å². The summed E-state index contributed by atoms with van der Waals surface area (Å²) in [5.74, 6) is 0.888. The van der Waals surface area contributed by atoms with Crippen molar-refractivity contribution in [2.45, 2.75) is 33.1 Å². The summed E-state index contributed by atoms with van der Waals surface area (Å²) < 4.78 is 0. The zero-order valence-electron chi connectivity index (χ0n) is 9.97. The second kappa shape index (κ2) is 7.80. The van der Waals surface area contributed by atoms with Gasteiger partial charge in [-0.25, -0.2) is 0 Å². The number of nitrogens with zero attached hydrogens (tertiary/aromatic N) is 1. The van der Waals surface area contributed by atoms with E-state index in [0.717, 1.165) is 25.9 Å². The normalized spacial score (nSPS) is 10.6. The van der Waals surface area contributed by atoms with E-state index in [0.29, 0.717) is 12.3 Å². The second-order valence-electron chi connectivity index (χ2n) is 4.20. The summed E-state index contributed by atoms with van der Waals surface area (Å²) in [6.45, 7) is 6.13. The van der Waals surface area contributed by atoms with E-state index in [-0.39, 0.29) is 5.91 Å². The molecule has 0 bridgehead atoms. The van der Waals surface area contributed by atoms with Gasteiger partial charge in [0.15, 0.2) is 0 Å². The summed E-state index contributed by atoms with van der Waals surface area (Å²) in [6, 6.07) is 0. The quantitative estimate of drug-likeness (QED) is 0.632. The van der Waals surface area contributed by atoms with Crippen LogP contribution in [0.2, 0.25) is 0 Å². The fourth-order valence-electron chi connectivity index (χ4n) is 1.22. The molecular formula is C11H24N2O. The minimum atomic E-state index is 0.273. The molecule has 0 saturated heterocycles. The molecule has 0 spiro atoms. The van der Waals surface area contributed by atoms with Crippen molar-refractivity contribution in [2.24, 2.45) is 5.92 Å². The first kappa shape index (κ1) is 13.4. The Hall–Kier alpha value is -0.570. The largest absolute Gasteiger partial charge is 0.346 e. The van der Waals surface area contributed by atoms with Crippen LogP contribution in [-0.4, -0.2) is 38.0 Å². The van der Waals surface area contributed by atoms with Gasteiger partial charge < -0.3 is 10.2 Å². The highest BCUT2D eigenvalue weighted by Crippen LogP contribution is 2.05. The molecule has 0 aromatic heterocycles. The van der Waals surface area contributed by atoms with E-state index in [1.54, 1.807) is 0 Å². The molecule has 0 aliphatic heterocycles. The topological polar surface area (TPSA) is 32.3 Å². The third-order valence-electron chi connectivity index (χ3n) is 2.28. The van der Waals surface area contributed by atoms with Crippen molar-refractivity contribution in [1.82, 2.24) is 10.2 Å². The van der Waals surface area contributed by atoms with Crippen molar-refractivity contribution >= 4 is 5.91 Å². The predicted octanol–water partition coefficient (Wildman–Crippen LogP) is 1.49. The van der Waals surface area contributed by atoms with Crippen LogP contribution in [-0.2, 0) is 4.79 Å². The molecule has 14 heavy (non-hydrogen) atoms. The summed E-state index contributed by atoms with van der Waals surface area (Å²) in [7, 11) is 3.82. The Labute approximate surface area is 87.9 Å². The molecule has 3 heteroatoms. The smallest absolute Gasteiger partial charge is 0.222 e. The van der Waals surface area contributed by atoms with Gasteiger partial charge in [-0.1, -0.05) is 13.8 Å². The first-order valence-corrected chi connectivity index (χ1v) is 5.46. The molecular weight excluding hydrogens is 176 g/mol. The Balaban J connectivity index is 3.54. The molecule has 0 atom stereocenters. The van der Waals surface area contributed by atoms with Gasteiger partial charge in [-0.15, -0.1) is 0 Å². The number of nitrogens with one attached hydrogen (secondary N) is 1. The highest BCUT2D eigenvalue weighted by Gasteiger charge is 2.08. The third kappa shape index (κ3) is 6.89. The van der Waals surface area contributed by atoms with E-state index in [9.17, 15) is 4.79 Å². The van der Waals surface area contributed by atoms with Crippen molar-refractivity contribution in [3.8, 4) is 0 Å². The minimum Gasteiger partial charge on any atom is -0.346 e. The maximum absolute atomic E-state index is 11.5. The Kier molecular flexibility index (Phi) is 7.48. The van der Waals surface area contributed by atoms with Crippen molar-refractivity contribution in [1.29, 1.82) is 0 Å². The standard InChI is InChI=1S/C11H24N2O/c1-10(2)6-7-11(14)13(4)9-5-8-12-3/h10,12H,5-9H2,1-4H3. The molecule has 0 unspecified atom stereocenters. The van der Waals surface area contributed by atoms with Gasteiger partial charge >= 0.3 is 0 Å². The SMILES string of the molecule is CNCCCN(C)C(=O)CCC(C)C. The number of carbonyl (C=O) groups is 1. The number of hydrogen-bond acceptors (Lipinski definition) is 2. The predicted molar refractivity (Wildman–Crippen MR) is 60.3 cm³/mol. The lowest BCUT2D eigenvalue weighted by atomic mass is 10.1. The molecule has 0 aliphatic rings. The first-order valence-electron chi connectivity index (χ1n) is 5.46. The first-order chi connectivity index (χ1) is 6.57. The second-order valence-corrected chi connectivity index (χ2v) is 4.20. The molecule has 1 N–H and O–H groups in total. The van der Waals surface area contributed by atoms with Gasteiger partial charge in [0.1, 0.15) is 0 Å². The van der Waals surface area contributed by atoms with Gasteiger partial charge in [-0.3, -0.25) is 4.79 Å². The Morgan fingerprint density at radius 1 is 1.43 bits per heavy atom. The molecule has 0 heterocycles. The van der Waals surface area contributed by atoms with Crippen molar-refractivity contribution in [2.75, 3.05) is 27.2 Å². The van der Waals surface area contributed by atoms with Gasteiger partial charge in [0.05, 0.1) is 0 Å². The van der Waals surface area contributed by atoms with Crippen LogP contribution in [0.25, 0.3) is 0 Å². The summed E-state index contributed by atoms with van der Waals surface area (Å²) in [5.41, 5.74) is 0. The number of amides is 1. The lowest BCUT2D eigenvalue weighted by Crippen LogP contribution is -2.29. The van der Waals surface area contributed by atoms with Crippen molar-refractivity contribution in [3.63, 3.8) is 0 Å². The fraction of sp³-hybridized carbons (Fsp3) is 0.909. The van der Waals surface area contributed by atoms with Crippen LogP contribution < -0.4 is 5.32 Å². The van der Waals surface area contributed by atoms with Crippen LogP contribution in [0.3, 0.4) is 0 Å². The van der Waals surface area contributed by atoms with E-state index >= 15 is 0 Å². The molecule has 3 nitrogen and oxygen atoms in total. The maximum atomic E-state index is 11.5. The maximum Gasteiger partial charge on any atom is 0.222 e. The van der Waals surface area contributed by atoms with E-state index in [2.05, 4.69) is 19.2 Å². The number of carbonyl (C=O) groups excluding carboxylic acids is 1. The summed E-state index contributed by atoms with van der Waals surface area (Å²) in [6.07, 6.45) is 2.71. The Morgan fingerprint density at radius 2 is 2.07 bits per heavy atom. The zero-order chi connectivity index (χ0) is 11.0. The van der Waals surface area contributed by atoms with Gasteiger partial charge in [0, 0.05) is 20.0 Å². The molecule has 1 amide bonds. The summed E-state index contributed by atoms with van der Waals surface area (Å²) >= 11 is 0. The average molecular weight is 200 g/mol. The zero-order valence-corrected chi connectivity index (χ0v) is 9.97. The molecule has 84 valence electrons. The lowest BCUT2D eigenvalue weighted by Gasteiger charge is -2.17. The molecule has 0 saturated carbocycles. The van der Waals surface area contributed by atoms with Crippen LogP contribution in [0.15, 0.2) is 0 Å². The number of rotatable bonds is 7. The fourth-order valence-corrected chi connectivity index (χ4v) is 1.22. The third-order valence-corrected chi connectivity index (χ3v) is 2.28. The molecule has 0 aromatic carbocycles. The van der Waals surface area contributed by atoms with E-state index in [4.69, 9.17) is 0 Å². The van der Waals surface area contributed by atoms with E-state index < -0.39 is 0 Å². The average Bonchev–Trinajstić information content (AvgIpc) is 2.14. The number of hydrogen-bond donors (Lipinski definition) is 1. The monoisotopic (exact) mass is 200 g/mol. The highest BCUT2D eigenvalue weighted by atomic mass is 16.2. The van der Waals surface area contributed by atoms with Gasteiger partial charge in [-0.05, 0) is 32.4 Å². The highest BCUT2D eigenvalue weighted by molar-refractivity contribution is 5.75. The van der Waals surface area contributed by atoms with Crippen molar-refractivity contribution < 1.29 is 4.79 Å². The van der Waals surface area contributed by atoms with Crippen LogP contribution in [0, 0.1) is 5.92 Å². The molecule has 0 fully saturated rings. The van der Waals surface area contributed by atoms with Crippen LogP contribution in [0.5, 0.6) is 0 Å². The Bertz CT molecular complexity index is 157. The molecule has 0 radical (unpaired) electrons. The van der Waals surface area contributed by atoms with Crippen LogP contribution in [0.4, 0.5) is 0 Å². The minimum absolute atomic E-state index is 0.273. The summed E-state index contributed by atoms with van der Waals surface area (Å²) in [5, 5.41) is 3.07. The lowest BCUT2D eigenvalue weighted by molar-refractivity contribution is -0.130. The summed E-state index contributed by atoms with van der Waals surface area (Å²) in [4.78, 5) is 13.4. The van der Waals surface area contributed by atoms with Crippen LogP contribution >= 0.6 is 0 Å². The molecule has 0 rings (SSSR count). The van der Waals surface area contributed by atoms with Crippen molar-refractivity contribution in [3.05, 3.63) is 0 Å². The Morgan fingerprint density at radius 3 is 2.57 bits per heavy atom. The van der Waals surface area contributed by atoms with Gasteiger partial charge in [0.2, 0.25) is 5.91 Å².